The van der Waals surface area contributed by atoms with Crippen molar-refractivity contribution in [3.05, 3.63) is 27.1 Å². The van der Waals surface area contributed by atoms with Gasteiger partial charge in [-0.2, -0.15) is 4.98 Å². The predicted octanol–water partition coefficient (Wildman–Crippen LogP) is 3.30. The maximum atomic E-state index is 5.51. The molecule has 1 atom stereocenters. The standard InChI is InChI=1S/C13H14Br2N4O/c1-2-13(3-4-16-7-13)12-18-11(19-20-12)10-9(15)5-8(14)6-17-10/h5-6,16H,2-4,7H2,1H3. The molecule has 7 heteroatoms. The molecule has 0 aliphatic carbocycles. The first-order valence-corrected chi connectivity index (χ1v) is 8.09. The van der Waals surface area contributed by atoms with E-state index < -0.39 is 0 Å². The summed E-state index contributed by atoms with van der Waals surface area (Å²) in [7, 11) is 0. The van der Waals surface area contributed by atoms with Gasteiger partial charge in [0, 0.05) is 21.7 Å². The van der Waals surface area contributed by atoms with Crippen LogP contribution in [0.5, 0.6) is 0 Å². The fourth-order valence-electron chi connectivity index (χ4n) is 2.49. The van der Waals surface area contributed by atoms with Crippen LogP contribution in [0.4, 0.5) is 0 Å². The summed E-state index contributed by atoms with van der Waals surface area (Å²) >= 11 is 6.86. The Morgan fingerprint density at radius 2 is 2.30 bits per heavy atom. The summed E-state index contributed by atoms with van der Waals surface area (Å²) in [5, 5.41) is 7.46. The summed E-state index contributed by atoms with van der Waals surface area (Å²) in [5.74, 6) is 1.23. The summed E-state index contributed by atoms with van der Waals surface area (Å²) in [5.41, 5.74) is 0.660. The van der Waals surface area contributed by atoms with Gasteiger partial charge in [-0.25, -0.2) is 0 Å². The molecule has 1 aliphatic rings. The highest BCUT2D eigenvalue weighted by Gasteiger charge is 2.39. The van der Waals surface area contributed by atoms with Crippen LogP contribution in [-0.2, 0) is 5.41 Å². The highest BCUT2D eigenvalue weighted by molar-refractivity contribution is 9.11. The summed E-state index contributed by atoms with van der Waals surface area (Å²) < 4.78 is 7.26. The van der Waals surface area contributed by atoms with Gasteiger partial charge in [0.15, 0.2) is 0 Å². The molecule has 0 aromatic carbocycles. The quantitative estimate of drug-likeness (QED) is 0.854. The van der Waals surface area contributed by atoms with Crippen LogP contribution in [0.15, 0.2) is 25.7 Å². The number of aromatic nitrogens is 3. The first-order valence-electron chi connectivity index (χ1n) is 6.51. The van der Waals surface area contributed by atoms with E-state index in [1.165, 1.54) is 0 Å². The first kappa shape index (κ1) is 14.2. The molecule has 0 saturated carbocycles. The van der Waals surface area contributed by atoms with Crippen molar-refractivity contribution >= 4 is 31.9 Å². The maximum absolute atomic E-state index is 5.51. The second kappa shape index (κ2) is 5.54. The first-order chi connectivity index (χ1) is 9.64. The van der Waals surface area contributed by atoms with E-state index >= 15 is 0 Å². The second-order valence-electron chi connectivity index (χ2n) is 4.97. The zero-order chi connectivity index (χ0) is 14.2. The lowest BCUT2D eigenvalue weighted by molar-refractivity contribution is 0.285. The Labute approximate surface area is 133 Å². The van der Waals surface area contributed by atoms with E-state index in [0.717, 1.165) is 34.9 Å². The summed E-state index contributed by atoms with van der Waals surface area (Å²) in [6.07, 6.45) is 3.74. The van der Waals surface area contributed by atoms with E-state index in [9.17, 15) is 0 Å². The van der Waals surface area contributed by atoms with Gasteiger partial charge in [-0.05, 0) is 57.3 Å². The van der Waals surface area contributed by atoms with Crippen LogP contribution in [0.2, 0.25) is 0 Å². The average molecular weight is 402 g/mol. The zero-order valence-corrected chi connectivity index (χ0v) is 14.2. The van der Waals surface area contributed by atoms with Crippen LogP contribution < -0.4 is 5.32 Å². The van der Waals surface area contributed by atoms with Crippen molar-refractivity contribution in [3.8, 4) is 11.5 Å². The molecule has 1 unspecified atom stereocenters. The van der Waals surface area contributed by atoms with E-state index in [1.807, 2.05) is 6.07 Å². The van der Waals surface area contributed by atoms with Crippen LogP contribution in [0.25, 0.3) is 11.5 Å². The molecule has 1 N–H and O–H groups in total. The van der Waals surface area contributed by atoms with Gasteiger partial charge in [-0.1, -0.05) is 12.1 Å². The Bertz CT molecular complexity index is 623. The van der Waals surface area contributed by atoms with Gasteiger partial charge >= 0.3 is 0 Å². The molecule has 0 amide bonds. The van der Waals surface area contributed by atoms with Crippen LogP contribution in [0.1, 0.15) is 25.7 Å². The van der Waals surface area contributed by atoms with Crippen molar-refractivity contribution in [2.24, 2.45) is 0 Å². The van der Waals surface area contributed by atoms with Gasteiger partial charge < -0.3 is 9.84 Å². The number of hydrogen-bond donors (Lipinski definition) is 1. The van der Waals surface area contributed by atoms with Crippen molar-refractivity contribution < 1.29 is 4.52 Å². The molecule has 1 fully saturated rings. The van der Waals surface area contributed by atoms with Crippen LogP contribution in [0.3, 0.4) is 0 Å². The van der Waals surface area contributed by atoms with Gasteiger partial charge in [-0.15, -0.1) is 0 Å². The third-order valence-corrected chi connectivity index (χ3v) is 4.86. The molecule has 3 rings (SSSR count). The number of nitrogens with one attached hydrogen (secondary N) is 1. The molecule has 5 nitrogen and oxygen atoms in total. The molecule has 1 aliphatic heterocycles. The summed E-state index contributed by atoms with van der Waals surface area (Å²) in [4.78, 5) is 8.91. The fraction of sp³-hybridized carbons (Fsp3) is 0.462. The van der Waals surface area contributed by atoms with E-state index in [0.29, 0.717) is 17.4 Å². The minimum absolute atomic E-state index is 0.0346. The number of halogens is 2. The minimum Gasteiger partial charge on any atom is -0.338 e. The van der Waals surface area contributed by atoms with Gasteiger partial charge in [0.25, 0.3) is 0 Å². The Morgan fingerprint density at radius 1 is 1.45 bits per heavy atom. The fourth-order valence-corrected chi connectivity index (χ4v) is 3.66. The number of rotatable bonds is 3. The summed E-state index contributed by atoms with van der Waals surface area (Å²) in [6, 6.07) is 1.92. The Kier molecular flexibility index (Phi) is 3.92. The van der Waals surface area contributed by atoms with Crippen molar-refractivity contribution in [1.82, 2.24) is 20.4 Å². The van der Waals surface area contributed by atoms with Crippen LogP contribution in [0, 0.1) is 0 Å². The maximum Gasteiger partial charge on any atom is 0.234 e. The third kappa shape index (κ3) is 2.42. The van der Waals surface area contributed by atoms with E-state index in [-0.39, 0.29) is 5.41 Å². The molecular weight excluding hydrogens is 388 g/mol. The van der Waals surface area contributed by atoms with Crippen molar-refractivity contribution in [3.63, 3.8) is 0 Å². The number of nitrogens with zero attached hydrogens (tertiary/aromatic N) is 3. The molecule has 0 bridgehead atoms. The normalized spacial score (nSPS) is 22.4. The topological polar surface area (TPSA) is 63.8 Å². The lowest BCUT2D eigenvalue weighted by atomic mass is 9.84. The molecule has 20 heavy (non-hydrogen) atoms. The summed E-state index contributed by atoms with van der Waals surface area (Å²) in [6.45, 7) is 4.04. The van der Waals surface area contributed by atoms with Gasteiger partial charge in [-0.3, -0.25) is 4.98 Å². The molecule has 0 spiro atoms. The van der Waals surface area contributed by atoms with Crippen molar-refractivity contribution in [1.29, 1.82) is 0 Å². The molecule has 3 heterocycles. The highest BCUT2D eigenvalue weighted by atomic mass is 79.9. The van der Waals surface area contributed by atoms with Crippen LogP contribution in [-0.4, -0.2) is 28.2 Å². The lowest BCUT2D eigenvalue weighted by Crippen LogP contribution is -2.28. The molecule has 2 aromatic heterocycles. The van der Waals surface area contributed by atoms with E-state index in [4.69, 9.17) is 4.52 Å². The second-order valence-corrected chi connectivity index (χ2v) is 6.74. The molecule has 0 radical (unpaired) electrons. The zero-order valence-electron chi connectivity index (χ0n) is 11.0. The molecule has 106 valence electrons. The predicted molar refractivity (Wildman–Crippen MR) is 82.4 cm³/mol. The van der Waals surface area contributed by atoms with Gasteiger partial charge in [0.2, 0.25) is 11.7 Å². The minimum atomic E-state index is -0.0346. The van der Waals surface area contributed by atoms with Gasteiger partial charge in [0.05, 0.1) is 5.41 Å². The van der Waals surface area contributed by atoms with E-state index in [2.05, 4.69) is 59.2 Å². The van der Waals surface area contributed by atoms with E-state index in [1.54, 1.807) is 6.20 Å². The monoisotopic (exact) mass is 400 g/mol. The Hall–Kier alpha value is -0.790. The molecule has 2 aromatic rings. The Morgan fingerprint density at radius 3 is 2.95 bits per heavy atom. The molecule has 1 saturated heterocycles. The average Bonchev–Trinajstić information content (AvgIpc) is 3.08. The smallest absolute Gasteiger partial charge is 0.234 e. The largest absolute Gasteiger partial charge is 0.338 e. The number of pyridine rings is 1. The molecular formula is C13H14Br2N4O. The SMILES string of the molecule is CCC1(c2nc(-c3ncc(Br)cc3Br)no2)CCNC1. The van der Waals surface area contributed by atoms with Crippen molar-refractivity contribution in [2.75, 3.05) is 13.1 Å². The van der Waals surface area contributed by atoms with Gasteiger partial charge in [0.1, 0.15) is 5.69 Å². The highest BCUT2D eigenvalue weighted by Crippen LogP contribution is 2.34. The Balaban J connectivity index is 1.97. The lowest BCUT2D eigenvalue weighted by Gasteiger charge is -2.20. The van der Waals surface area contributed by atoms with Crippen molar-refractivity contribution in [2.45, 2.75) is 25.2 Å². The number of hydrogen-bond acceptors (Lipinski definition) is 5. The van der Waals surface area contributed by atoms with Crippen LogP contribution >= 0.6 is 31.9 Å². The third-order valence-electron chi connectivity index (χ3n) is 3.82.